The van der Waals surface area contributed by atoms with Gasteiger partial charge in [0.25, 0.3) is 0 Å². The number of hydrogen-bond acceptors (Lipinski definition) is 4. The van der Waals surface area contributed by atoms with Crippen LogP contribution >= 0.6 is 0 Å². The Labute approximate surface area is 104 Å². The van der Waals surface area contributed by atoms with Gasteiger partial charge in [-0.2, -0.15) is 0 Å². The van der Waals surface area contributed by atoms with Crippen molar-refractivity contribution < 1.29 is 0 Å². The quantitative estimate of drug-likeness (QED) is 0.718. The summed E-state index contributed by atoms with van der Waals surface area (Å²) in [5.41, 5.74) is 9.56. The fourth-order valence-electron chi connectivity index (χ4n) is 1.92. The maximum atomic E-state index is 5.80. The minimum atomic E-state index is 0.382. The number of H-pyrrole nitrogens is 1. The largest absolute Gasteiger partial charge is 0.382 e. The van der Waals surface area contributed by atoms with Crippen molar-refractivity contribution in [1.29, 1.82) is 0 Å². The van der Waals surface area contributed by atoms with E-state index in [9.17, 15) is 0 Å². The summed E-state index contributed by atoms with van der Waals surface area (Å²) < 4.78 is 0. The zero-order chi connectivity index (χ0) is 12.5. The van der Waals surface area contributed by atoms with Crippen molar-refractivity contribution in [2.24, 2.45) is 0 Å². The lowest BCUT2D eigenvalue weighted by Gasteiger charge is -1.97. The van der Waals surface area contributed by atoms with Crippen molar-refractivity contribution in [3.63, 3.8) is 0 Å². The molecule has 1 aromatic carbocycles. The number of benzene rings is 1. The van der Waals surface area contributed by atoms with Crippen molar-refractivity contribution >= 4 is 16.9 Å². The van der Waals surface area contributed by atoms with Gasteiger partial charge in [-0.15, -0.1) is 0 Å². The van der Waals surface area contributed by atoms with Crippen LogP contribution in [0.4, 0.5) is 5.82 Å². The van der Waals surface area contributed by atoms with E-state index < -0.39 is 0 Å². The first kappa shape index (κ1) is 10.7. The van der Waals surface area contributed by atoms with Gasteiger partial charge in [0, 0.05) is 12.4 Å². The molecule has 0 saturated carbocycles. The number of nitrogens with two attached hydrogens (primary N) is 1. The number of anilines is 1. The van der Waals surface area contributed by atoms with Crippen LogP contribution in [0.15, 0.2) is 30.6 Å². The molecule has 0 aliphatic rings. The van der Waals surface area contributed by atoms with E-state index in [1.54, 1.807) is 12.4 Å². The molecule has 2 aromatic heterocycles. The SMILES string of the molecule is CCc1ccc2nc(-c3nccnc3N)[nH]c2c1. The van der Waals surface area contributed by atoms with Gasteiger partial charge in [-0.1, -0.05) is 13.0 Å². The lowest BCUT2D eigenvalue weighted by Crippen LogP contribution is -1.96. The van der Waals surface area contributed by atoms with Crippen LogP contribution in [0.5, 0.6) is 0 Å². The first-order valence-corrected chi connectivity index (χ1v) is 5.83. The molecule has 3 N–H and O–H groups in total. The van der Waals surface area contributed by atoms with Gasteiger partial charge in [-0.3, -0.25) is 0 Å². The third-order valence-corrected chi connectivity index (χ3v) is 2.91. The number of nitrogens with zero attached hydrogens (tertiary/aromatic N) is 3. The normalized spacial score (nSPS) is 10.9. The molecule has 0 radical (unpaired) electrons. The molecule has 0 aliphatic carbocycles. The molecule has 3 aromatic rings. The Bertz CT molecular complexity index is 701. The van der Waals surface area contributed by atoms with Gasteiger partial charge in [-0.05, 0) is 24.1 Å². The molecular formula is C13H13N5. The summed E-state index contributed by atoms with van der Waals surface area (Å²) in [6, 6.07) is 6.17. The van der Waals surface area contributed by atoms with E-state index in [1.165, 1.54) is 5.56 Å². The Kier molecular flexibility index (Phi) is 2.44. The predicted molar refractivity (Wildman–Crippen MR) is 70.9 cm³/mol. The average molecular weight is 239 g/mol. The highest BCUT2D eigenvalue weighted by molar-refractivity contribution is 5.80. The molecule has 0 aliphatic heterocycles. The topological polar surface area (TPSA) is 80.5 Å². The van der Waals surface area contributed by atoms with E-state index in [1.807, 2.05) is 6.07 Å². The second-order valence-corrected chi connectivity index (χ2v) is 4.08. The summed E-state index contributed by atoms with van der Waals surface area (Å²) in [6.45, 7) is 2.12. The zero-order valence-corrected chi connectivity index (χ0v) is 10.0. The van der Waals surface area contributed by atoms with Crippen LogP contribution in [0.25, 0.3) is 22.6 Å². The highest BCUT2D eigenvalue weighted by Crippen LogP contribution is 2.22. The van der Waals surface area contributed by atoms with Crippen molar-refractivity contribution in [3.05, 3.63) is 36.2 Å². The molecule has 0 atom stereocenters. The van der Waals surface area contributed by atoms with E-state index in [0.717, 1.165) is 17.5 Å². The van der Waals surface area contributed by atoms with E-state index >= 15 is 0 Å². The Hall–Kier alpha value is -2.43. The van der Waals surface area contributed by atoms with E-state index in [4.69, 9.17) is 5.73 Å². The highest BCUT2D eigenvalue weighted by Gasteiger charge is 2.10. The lowest BCUT2D eigenvalue weighted by atomic mass is 10.1. The third kappa shape index (κ3) is 1.69. The smallest absolute Gasteiger partial charge is 0.161 e. The summed E-state index contributed by atoms with van der Waals surface area (Å²) in [6.07, 6.45) is 4.17. The molecule has 0 amide bonds. The summed E-state index contributed by atoms with van der Waals surface area (Å²) in [4.78, 5) is 15.9. The number of fused-ring (bicyclic) bond motifs is 1. The number of hydrogen-bond donors (Lipinski definition) is 2. The van der Waals surface area contributed by atoms with Crippen LogP contribution in [-0.4, -0.2) is 19.9 Å². The third-order valence-electron chi connectivity index (χ3n) is 2.91. The number of aromatic nitrogens is 4. The Morgan fingerprint density at radius 1 is 1.22 bits per heavy atom. The van der Waals surface area contributed by atoms with Gasteiger partial charge in [0.15, 0.2) is 11.6 Å². The van der Waals surface area contributed by atoms with Gasteiger partial charge in [-0.25, -0.2) is 15.0 Å². The van der Waals surface area contributed by atoms with Gasteiger partial charge >= 0.3 is 0 Å². The Morgan fingerprint density at radius 3 is 2.83 bits per heavy atom. The standard InChI is InChI=1S/C13H13N5/c1-2-8-3-4-9-10(7-8)18-13(17-9)11-12(14)16-6-5-15-11/h3-7H,2H2,1H3,(H2,14,16)(H,17,18). The molecule has 0 bridgehead atoms. The van der Waals surface area contributed by atoms with Gasteiger partial charge < -0.3 is 10.7 Å². The second-order valence-electron chi connectivity index (χ2n) is 4.08. The van der Waals surface area contributed by atoms with Crippen LogP contribution in [0.3, 0.4) is 0 Å². The molecule has 3 rings (SSSR count). The van der Waals surface area contributed by atoms with Crippen LogP contribution in [0.2, 0.25) is 0 Å². The summed E-state index contributed by atoms with van der Waals surface area (Å²) in [7, 11) is 0. The molecule has 18 heavy (non-hydrogen) atoms. The fraction of sp³-hybridized carbons (Fsp3) is 0.154. The highest BCUT2D eigenvalue weighted by atomic mass is 15.0. The Balaban J connectivity index is 2.17. The number of aromatic amines is 1. The van der Waals surface area contributed by atoms with E-state index in [-0.39, 0.29) is 0 Å². The first-order chi connectivity index (χ1) is 8.78. The molecule has 5 heteroatoms. The van der Waals surface area contributed by atoms with Crippen LogP contribution in [0, 0.1) is 0 Å². The van der Waals surface area contributed by atoms with Crippen molar-refractivity contribution in [3.8, 4) is 11.5 Å². The summed E-state index contributed by atoms with van der Waals surface area (Å²) in [5.74, 6) is 1.04. The number of nitrogens with one attached hydrogen (secondary N) is 1. The summed E-state index contributed by atoms with van der Waals surface area (Å²) >= 11 is 0. The maximum absolute atomic E-state index is 5.80. The minimum Gasteiger partial charge on any atom is -0.382 e. The van der Waals surface area contributed by atoms with Gasteiger partial charge in [0.1, 0.15) is 5.69 Å². The monoisotopic (exact) mass is 239 g/mol. The van der Waals surface area contributed by atoms with E-state index in [0.29, 0.717) is 17.3 Å². The lowest BCUT2D eigenvalue weighted by molar-refractivity contribution is 1.14. The second kappa shape index (κ2) is 4.10. The van der Waals surface area contributed by atoms with Crippen molar-refractivity contribution in [1.82, 2.24) is 19.9 Å². The number of rotatable bonds is 2. The molecule has 5 nitrogen and oxygen atoms in total. The number of nitrogen functional groups attached to an aromatic ring is 1. The number of imidazole rings is 1. The maximum Gasteiger partial charge on any atom is 0.161 e. The van der Waals surface area contributed by atoms with Gasteiger partial charge in [0.2, 0.25) is 0 Å². The summed E-state index contributed by atoms with van der Waals surface area (Å²) in [5, 5.41) is 0. The molecular weight excluding hydrogens is 226 g/mol. The fourth-order valence-corrected chi connectivity index (χ4v) is 1.92. The van der Waals surface area contributed by atoms with Crippen LogP contribution < -0.4 is 5.73 Å². The molecule has 0 fully saturated rings. The molecule has 2 heterocycles. The van der Waals surface area contributed by atoms with Crippen molar-refractivity contribution in [2.75, 3.05) is 5.73 Å². The van der Waals surface area contributed by atoms with Crippen LogP contribution in [-0.2, 0) is 6.42 Å². The zero-order valence-electron chi connectivity index (χ0n) is 10.0. The molecule has 0 saturated heterocycles. The minimum absolute atomic E-state index is 0.382. The molecule has 0 spiro atoms. The van der Waals surface area contributed by atoms with Crippen molar-refractivity contribution in [2.45, 2.75) is 13.3 Å². The first-order valence-electron chi connectivity index (χ1n) is 5.83. The van der Waals surface area contributed by atoms with Gasteiger partial charge in [0.05, 0.1) is 11.0 Å². The van der Waals surface area contributed by atoms with E-state index in [2.05, 4.69) is 39.0 Å². The Morgan fingerprint density at radius 2 is 2.06 bits per heavy atom. The number of aryl methyl sites for hydroxylation is 1. The average Bonchev–Trinajstić information content (AvgIpc) is 2.81. The predicted octanol–water partition coefficient (Wildman–Crippen LogP) is 2.16. The van der Waals surface area contributed by atoms with Crippen LogP contribution in [0.1, 0.15) is 12.5 Å². The molecule has 0 unspecified atom stereocenters. The molecule has 90 valence electrons.